The predicted molar refractivity (Wildman–Crippen MR) is 60.3 cm³/mol. The molecular formula is C11H16FNS. The van der Waals surface area contributed by atoms with Crippen LogP contribution in [-0.4, -0.2) is 31.3 Å². The van der Waals surface area contributed by atoms with Crippen LogP contribution in [0.1, 0.15) is 6.42 Å². The molecular weight excluding hydrogens is 197 g/mol. The van der Waals surface area contributed by atoms with Gasteiger partial charge >= 0.3 is 0 Å². The SMILES string of the molecule is CN(C)CCCSc1ccc(F)cc1. The predicted octanol–water partition coefficient (Wildman–Crippen LogP) is 2.87. The van der Waals surface area contributed by atoms with E-state index in [0.29, 0.717) is 0 Å². The Kier molecular flexibility index (Phi) is 4.98. The summed E-state index contributed by atoms with van der Waals surface area (Å²) < 4.78 is 12.6. The lowest BCUT2D eigenvalue weighted by molar-refractivity contribution is 0.410. The van der Waals surface area contributed by atoms with E-state index in [0.717, 1.165) is 23.6 Å². The van der Waals surface area contributed by atoms with Crippen LogP contribution in [0.4, 0.5) is 4.39 Å². The fraction of sp³-hybridized carbons (Fsp3) is 0.455. The smallest absolute Gasteiger partial charge is 0.123 e. The fourth-order valence-corrected chi connectivity index (χ4v) is 1.94. The Labute approximate surface area is 89.3 Å². The van der Waals surface area contributed by atoms with Crippen molar-refractivity contribution in [2.75, 3.05) is 26.4 Å². The highest BCUT2D eigenvalue weighted by molar-refractivity contribution is 7.99. The van der Waals surface area contributed by atoms with Crippen LogP contribution in [-0.2, 0) is 0 Å². The number of hydrogen-bond acceptors (Lipinski definition) is 2. The van der Waals surface area contributed by atoms with E-state index < -0.39 is 0 Å². The molecule has 78 valence electrons. The molecule has 1 rings (SSSR count). The average molecular weight is 213 g/mol. The molecule has 0 unspecified atom stereocenters. The first kappa shape index (κ1) is 11.5. The van der Waals surface area contributed by atoms with E-state index in [1.165, 1.54) is 12.1 Å². The second-order valence-electron chi connectivity index (χ2n) is 3.46. The summed E-state index contributed by atoms with van der Waals surface area (Å²) in [6.45, 7) is 1.11. The van der Waals surface area contributed by atoms with Crippen LogP contribution in [0.15, 0.2) is 29.2 Å². The topological polar surface area (TPSA) is 3.24 Å². The molecule has 0 aliphatic heterocycles. The molecule has 1 nitrogen and oxygen atoms in total. The number of thioether (sulfide) groups is 1. The third-order valence-corrected chi connectivity index (χ3v) is 2.93. The van der Waals surface area contributed by atoms with Gasteiger partial charge in [-0.2, -0.15) is 0 Å². The number of rotatable bonds is 5. The minimum Gasteiger partial charge on any atom is -0.309 e. The van der Waals surface area contributed by atoms with Crippen molar-refractivity contribution in [2.45, 2.75) is 11.3 Å². The van der Waals surface area contributed by atoms with Crippen molar-refractivity contribution in [1.29, 1.82) is 0 Å². The number of halogens is 1. The zero-order valence-corrected chi connectivity index (χ0v) is 9.48. The molecule has 0 saturated carbocycles. The van der Waals surface area contributed by atoms with Crippen molar-refractivity contribution in [2.24, 2.45) is 0 Å². The molecule has 0 N–H and O–H groups in total. The van der Waals surface area contributed by atoms with Crippen LogP contribution in [0, 0.1) is 5.82 Å². The Bertz CT molecular complexity index is 258. The molecule has 0 aliphatic rings. The highest BCUT2D eigenvalue weighted by atomic mass is 32.2. The maximum atomic E-state index is 12.6. The van der Waals surface area contributed by atoms with Gasteiger partial charge in [-0.25, -0.2) is 4.39 Å². The van der Waals surface area contributed by atoms with E-state index in [4.69, 9.17) is 0 Å². The van der Waals surface area contributed by atoms with E-state index in [1.807, 2.05) is 12.1 Å². The van der Waals surface area contributed by atoms with Crippen molar-refractivity contribution in [1.82, 2.24) is 4.90 Å². The fourth-order valence-electron chi connectivity index (χ4n) is 1.10. The third-order valence-electron chi connectivity index (χ3n) is 1.83. The van der Waals surface area contributed by atoms with E-state index >= 15 is 0 Å². The summed E-state index contributed by atoms with van der Waals surface area (Å²) in [5, 5.41) is 0. The molecule has 0 heterocycles. The van der Waals surface area contributed by atoms with Gasteiger partial charge in [0, 0.05) is 4.90 Å². The Hall–Kier alpha value is -0.540. The monoisotopic (exact) mass is 213 g/mol. The Morgan fingerprint density at radius 1 is 1.21 bits per heavy atom. The van der Waals surface area contributed by atoms with E-state index in [9.17, 15) is 4.39 Å². The second kappa shape index (κ2) is 6.04. The lowest BCUT2D eigenvalue weighted by Crippen LogP contribution is -2.13. The lowest BCUT2D eigenvalue weighted by atomic mass is 10.4. The van der Waals surface area contributed by atoms with E-state index in [1.54, 1.807) is 11.8 Å². The molecule has 0 amide bonds. The molecule has 0 atom stereocenters. The van der Waals surface area contributed by atoms with Crippen molar-refractivity contribution in [3.8, 4) is 0 Å². The molecule has 0 spiro atoms. The largest absolute Gasteiger partial charge is 0.309 e. The number of benzene rings is 1. The Balaban J connectivity index is 2.21. The van der Waals surface area contributed by atoms with Gasteiger partial charge in [0.1, 0.15) is 5.82 Å². The maximum absolute atomic E-state index is 12.6. The van der Waals surface area contributed by atoms with Crippen molar-refractivity contribution in [3.05, 3.63) is 30.1 Å². The van der Waals surface area contributed by atoms with Gasteiger partial charge in [-0.05, 0) is 57.1 Å². The summed E-state index contributed by atoms with van der Waals surface area (Å²) in [7, 11) is 4.14. The zero-order chi connectivity index (χ0) is 10.4. The normalized spacial score (nSPS) is 10.9. The van der Waals surface area contributed by atoms with Crippen LogP contribution in [0.25, 0.3) is 0 Å². The minimum atomic E-state index is -0.164. The van der Waals surface area contributed by atoms with Gasteiger partial charge in [0.25, 0.3) is 0 Å². The van der Waals surface area contributed by atoms with Crippen LogP contribution in [0.5, 0.6) is 0 Å². The molecule has 1 aromatic carbocycles. The van der Waals surface area contributed by atoms with Crippen molar-refractivity contribution in [3.63, 3.8) is 0 Å². The molecule has 1 aromatic rings. The minimum absolute atomic E-state index is 0.164. The second-order valence-corrected chi connectivity index (χ2v) is 4.63. The number of hydrogen-bond donors (Lipinski definition) is 0. The third kappa shape index (κ3) is 4.63. The molecule has 3 heteroatoms. The van der Waals surface area contributed by atoms with Gasteiger partial charge in [-0.3, -0.25) is 0 Å². The summed E-state index contributed by atoms with van der Waals surface area (Å²) in [5.41, 5.74) is 0. The lowest BCUT2D eigenvalue weighted by Gasteiger charge is -2.08. The van der Waals surface area contributed by atoms with E-state index in [-0.39, 0.29) is 5.82 Å². The van der Waals surface area contributed by atoms with Crippen molar-refractivity contribution >= 4 is 11.8 Å². The first-order valence-electron chi connectivity index (χ1n) is 4.71. The maximum Gasteiger partial charge on any atom is 0.123 e. The molecule has 0 aliphatic carbocycles. The first-order chi connectivity index (χ1) is 6.68. The van der Waals surface area contributed by atoms with Crippen LogP contribution < -0.4 is 0 Å². The molecule has 0 bridgehead atoms. The average Bonchev–Trinajstić information content (AvgIpc) is 2.15. The summed E-state index contributed by atoms with van der Waals surface area (Å²) in [6.07, 6.45) is 1.16. The van der Waals surface area contributed by atoms with E-state index in [2.05, 4.69) is 19.0 Å². The van der Waals surface area contributed by atoms with Crippen LogP contribution in [0.3, 0.4) is 0 Å². The Morgan fingerprint density at radius 3 is 2.43 bits per heavy atom. The molecule has 14 heavy (non-hydrogen) atoms. The van der Waals surface area contributed by atoms with Gasteiger partial charge in [-0.1, -0.05) is 0 Å². The van der Waals surface area contributed by atoms with Crippen LogP contribution >= 0.6 is 11.8 Å². The van der Waals surface area contributed by atoms with Gasteiger partial charge in [0.15, 0.2) is 0 Å². The molecule has 0 saturated heterocycles. The van der Waals surface area contributed by atoms with Crippen LogP contribution in [0.2, 0.25) is 0 Å². The highest BCUT2D eigenvalue weighted by Gasteiger charge is 1.95. The zero-order valence-electron chi connectivity index (χ0n) is 8.66. The summed E-state index contributed by atoms with van der Waals surface area (Å²) in [5.74, 6) is 0.923. The quantitative estimate of drug-likeness (QED) is 0.546. The van der Waals surface area contributed by atoms with Gasteiger partial charge in [0.05, 0.1) is 0 Å². The molecule has 0 radical (unpaired) electrons. The van der Waals surface area contributed by atoms with Gasteiger partial charge in [0.2, 0.25) is 0 Å². The van der Waals surface area contributed by atoms with Crippen molar-refractivity contribution < 1.29 is 4.39 Å². The standard InChI is InChI=1S/C11H16FNS/c1-13(2)8-3-9-14-11-6-4-10(12)5-7-11/h4-7H,3,8-9H2,1-2H3. The number of nitrogens with zero attached hydrogens (tertiary/aromatic N) is 1. The Morgan fingerprint density at radius 2 is 1.86 bits per heavy atom. The highest BCUT2D eigenvalue weighted by Crippen LogP contribution is 2.18. The van der Waals surface area contributed by atoms with Gasteiger partial charge < -0.3 is 4.90 Å². The summed E-state index contributed by atoms with van der Waals surface area (Å²) in [6, 6.07) is 6.67. The summed E-state index contributed by atoms with van der Waals surface area (Å²) in [4.78, 5) is 3.32. The first-order valence-corrected chi connectivity index (χ1v) is 5.70. The molecule has 0 fully saturated rings. The molecule has 0 aromatic heterocycles. The summed E-state index contributed by atoms with van der Waals surface area (Å²) >= 11 is 1.78. The van der Waals surface area contributed by atoms with Gasteiger partial charge in [-0.15, -0.1) is 11.8 Å².